The first-order chi connectivity index (χ1) is 6.65. The van der Waals surface area contributed by atoms with Crippen LogP contribution in [-0.4, -0.2) is 31.2 Å². The number of carbonyl (C=O) groups excluding carboxylic acids is 3. The SMILES string of the molecule is CCC(=O)NC(CCC=O)C(=O)NC. The summed E-state index contributed by atoms with van der Waals surface area (Å²) in [4.78, 5) is 32.4. The lowest BCUT2D eigenvalue weighted by molar-refractivity contribution is -0.128. The lowest BCUT2D eigenvalue weighted by Gasteiger charge is -2.15. The van der Waals surface area contributed by atoms with Gasteiger partial charge in [0.15, 0.2) is 0 Å². The Morgan fingerprint density at radius 3 is 2.50 bits per heavy atom. The van der Waals surface area contributed by atoms with E-state index in [1.807, 2.05) is 0 Å². The lowest BCUT2D eigenvalue weighted by Crippen LogP contribution is -2.45. The van der Waals surface area contributed by atoms with Gasteiger partial charge in [-0.05, 0) is 6.42 Å². The molecule has 0 spiro atoms. The van der Waals surface area contributed by atoms with Gasteiger partial charge in [0.05, 0.1) is 0 Å². The van der Waals surface area contributed by atoms with E-state index < -0.39 is 6.04 Å². The lowest BCUT2D eigenvalue weighted by atomic mass is 10.1. The van der Waals surface area contributed by atoms with E-state index in [1.165, 1.54) is 7.05 Å². The first-order valence-electron chi connectivity index (χ1n) is 4.60. The van der Waals surface area contributed by atoms with Crippen LogP contribution in [0.1, 0.15) is 26.2 Å². The molecule has 0 aromatic carbocycles. The van der Waals surface area contributed by atoms with Gasteiger partial charge in [0, 0.05) is 19.9 Å². The third-order valence-electron chi connectivity index (χ3n) is 1.79. The Kier molecular flexibility index (Phi) is 6.36. The van der Waals surface area contributed by atoms with E-state index in [4.69, 9.17) is 0 Å². The predicted molar refractivity (Wildman–Crippen MR) is 51.6 cm³/mol. The number of likely N-dealkylation sites (N-methyl/N-ethyl adjacent to an activating group) is 1. The minimum absolute atomic E-state index is 0.190. The highest BCUT2D eigenvalue weighted by Gasteiger charge is 2.17. The number of amides is 2. The fourth-order valence-electron chi connectivity index (χ4n) is 0.974. The molecule has 0 aliphatic rings. The van der Waals surface area contributed by atoms with Crippen molar-refractivity contribution in [1.29, 1.82) is 0 Å². The Morgan fingerprint density at radius 1 is 1.43 bits per heavy atom. The van der Waals surface area contributed by atoms with Crippen LogP contribution >= 0.6 is 0 Å². The molecule has 0 saturated carbocycles. The molecule has 0 saturated heterocycles. The summed E-state index contributed by atoms with van der Waals surface area (Å²) >= 11 is 0. The van der Waals surface area contributed by atoms with Gasteiger partial charge >= 0.3 is 0 Å². The van der Waals surface area contributed by atoms with Gasteiger partial charge in [-0.15, -0.1) is 0 Å². The summed E-state index contributed by atoms with van der Waals surface area (Å²) in [6.45, 7) is 1.70. The van der Waals surface area contributed by atoms with Crippen LogP contribution in [0.3, 0.4) is 0 Å². The maximum absolute atomic E-state index is 11.2. The van der Waals surface area contributed by atoms with Gasteiger partial charge in [-0.2, -0.15) is 0 Å². The molecule has 2 N–H and O–H groups in total. The number of nitrogens with one attached hydrogen (secondary N) is 2. The third kappa shape index (κ3) is 4.59. The van der Waals surface area contributed by atoms with Gasteiger partial charge in [0.1, 0.15) is 12.3 Å². The van der Waals surface area contributed by atoms with Gasteiger partial charge < -0.3 is 15.4 Å². The summed E-state index contributed by atoms with van der Waals surface area (Å²) in [7, 11) is 1.49. The minimum atomic E-state index is -0.599. The second-order valence-electron chi connectivity index (χ2n) is 2.83. The average molecular weight is 200 g/mol. The quantitative estimate of drug-likeness (QED) is 0.573. The fraction of sp³-hybridized carbons (Fsp3) is 0.667. The van der Waals surface area contributed by atoms with Gasteiger partial charge in [-0.1, -0.05) is 6.92 Å². The second kappa shape index (κ2) is 7.06. The van der Waals surface area contributed by atoms with Gasteiger partial charge in [0.25, 0.3) is 0 Å². The van der Waals surface area contributed by atoms with Crippen molar-refractivity contribution in [3.05, 3.63) is 0 Å². The van der Waals surface area contributed by atoms with Crippen molar-refractivity contribution in [3.8, 4) is 0 Å². The van der Waals surface area contributed by atoms with Crippen LogP contribution in [0.5, 0.6) is 0 Å². The molecule has 5 nitrogen and oxygen atoms in total. The Balaban J connectivity index is 4.16. The van der Waals surface area contributed by atoms with Gasteiger partial charge in [-0.3, -0.25) is 9.59 Å². The molecule has 0 aromatic rings. The van der Waals surface area contributed by atoms with Crippen LogP contribution in [0.15, 0.2) is 0 Å². The van der Waals surface area contributed by atoms with Crippen molar-refractivity contribution in [1.82, 2.24) is 10.6 Å². The zero-order valence-corrected chi connectivity index (χ0v) is 8.50. The maximum atomic E-state index is 11.2. The summed E-state index contributed by atoms with van der Waals surface area (Å²) in [6.07, 6.45) is 1.67. The molecule has 0 aliphatic heterocycles. The van der Waals surface area contributed by atoms with E-state index in [2.05, 4.69) is 10.6 Å². The molecule has 0 aromatic heterocycles. The highest BCUT2D eigenvalue weighted by atomic mass is 16.2. The Morgan fingerprint density at radius 2 is 2.07 bits per heavy atom. The van der Waals surface area contributed by atoms with Crippen LogP contribution in [0.25, 0.3) is 0 Å². The molecule has 2 amide bonds. The van der Waals surface area contributed by atoms with Crippen molar-refractivity contribution < 1.29 is 14.4 Å². The fourth-order valence-corrected chi connectivity index (χ4v) is 0.974. The first kappa shape index (κ1) is 12.6. The Labute approximate surface area is 83.2 Å². The molecule has 0 radical (unpaired) electrons. The maximum Gasteiger partial charge on any atom is 0.242 e. The number of aldehydes is 1. The molecular formula is C9H16N2O3. The molecule has 14 heavy (non-hydrogen) atoms. The van der Waals surface area contributed by atoms with Crippen molar-refractivity contribution in [2.45, 2.75) is 32.2 Å². The van der Waals surface area contributed by atoms with E-state index in [-0.39, 0.29) is 18.2 Å². The largest absolute Gasteiger partial charge is 0.357 e. The summed E-state index contributed by atoms with van der Waals surface area (Å²) in [5.41, 5.74) is 0. The predicted octanol–water partition coefficient (Wildman–Crippen LogP) is -0.394. The normalized spacial score (nSPS) is 11.6. The molecule has 0 bridgehead atoms. The van der Waals surface area contributed by atoms with Crippen molar-refractivity contribution >= 4 is 18.1 Å². The average Bonchev–Trinajstić information content (AvgIpc) is 2.22. The number of hydrogen-bond acceptors (Lipinski definition) is 3. The number of rotatable bonds is 6. The standard InChI is InChI=1S/C9H16N2O3/c1-3-8(13)11-7(5-4-6-12)9(14)10-2/h6-7H,3-5H2,1-2H3,(H,10,14)(H,11,13). The number of carbonyl (C=O) groups is 3. The highest BCUT2D eigenvalue weighted by Crippen LogP contribution is 1.96. The van der Waals surface area contributed by atoms with E-state index in [0.29, 0.717) is 12.8 Å². The summed E-state index contributed by atoms with van der Waals surface area (Å²) < 4.78 is 0. The minimum Gasteiger partial charge on any atom is -0.357 e. The van der Waals surface area contributed by atoms with Crippen molar-refractivity contribution in [2.24, 2.45) is 0 Å². The highest BCUT2D eigenvalue weighted by molar-refractivity contribution is 5.87. The molecular weight excluding hydrogens is 184 g/mol. The summed E-state index contributed by atoms with van der Waals surface area (Å²) in [6, 6.07) is -0.599. The molecule has 1 atom stereocenters. The summed E-state index contributed by atoms with van der Waals surface area (Å²) in [5, 5.41) is 4.98. The van der Waals surface area contributed by atoms with Gasteiger partial charge in [0.2, 0.25) is 11.8 Å². The number of hydrogen-bond donors (Lipinski definition) is 2. The zero-order valence-electron chi connectivity index (χ0n) is 8.50. The molecule has 80 valence electrons. The Bertz CT molecular complexity index is 216. The van der Waals surface area contributed by atoms with Crippen molar-refractivity contribution in [3.63, 3.8) is 0 Å². The monoisotopic (exact) mass is 200 g/mol. The van der Waals surface area contributed by atoms with Gasteiger partial charge in [-0.25, -0.2) is 0 Å². The van der Waals surface area contributed by atoms with E-state index in [1.54, 1.807) is 6.92 Å². The molecule has 0 aliphatic carbocycles. The van der Waals surface area contributed by atoms with Crippen LogP contribution in [-0.2, 0) is 14.4 Å². The third-order valence-corrected chi connectivity index (χ3v) is 1.79. The molecule has 0 heterocycles. The summed E-state index contributed by atoms with van der Waals surface area (Å²) in [5.74, 6) is -0.460. The molecule has 0 rings (SSSR count). The second-order valence-corrected chi connectivity index (χ2v) is 2.83. The topological polar surface area (TPSA) is 75.3 Å². The van der Waals surface area contributed by atoms with Crippen LogP contribution in [0, 0.1) is 0 Å². The van der Waals surface area contributed by atoms with Crippen LogP contribution in [0.4, 0.5) is 0 Å². The van der Waals surface area contributed by atoms with E-state index in [0.717, 1.165) is 6.29 Å². The van der Waals surface area contributed by atoms with E-state index >= 15 is 0 Å². The Hall–Kier alpha value is -1.39. The van der Waals surface area contributed by atoms with E-state index in [9.17, 15) is 14.4 Å². The zero-order chi connectivity index (χ0) is 11.0. The smallest absolute Gasteiger partial charge is 0.242 e. The molecule has 1 unspecified atom stereocenters. The van der Waals surface area contributed by atoms with Crippen molar-refractivity contribution in [2.75, 3.05) is 7.05 Å². The van der Waals surface area contributed by atoms with Crippen LogP contribution in [0.2, 0.25) is 0 Å². The first-order valence-corrected chi connectivity index (χ1v) is 4.60. The van der Waals surface area contributed by atoms with Crippen LogP contribution < -0.4 is 10.6 Å². The molecule has 5 heteroatoms. The molecule has 0 fully saturated rings.